The van der Waals surface area contributed by atoms with E-state index < -0.39 is 0 Å². The zero-order chi connectivity index (χ0) is 18.4. The zero-order valence-electron chi connectivity index (χ0n) is 14.8. The highest BCUT2D eigenvalue weighted by Crippen LogP contribution is 2.21. The number of morpholine rings is 1. The molecule has 2 aromatic carbocycles. The van der Waals surface area contributed by atoms with Gasteiger partial charge in [0.25, 0.3) is 0 Å². The van der Waals surface area contributed by atoms with Gasteiger partial charge in [-0.2, -0.15) is 0 Å². The molecular formula is C20H24FN2O3+. The second-order valence-electron chi connectivity index (χ2n) is 6.29. The van der Waals surface area contributed by atoms with Crippen LogP contribution < -0.4 is 9.64 Å². The number of halogens is 1. The van der Waals surface area contributed by atoms with E-state index >= 15 is 0 Å². The van der Waals surface area contributed by atoms with Crippen molar-refractivity contribution in [2.75, 3.05) is 40.0 Å². The normalized spacial score (nSPS) is 16.7. The maximum absolute atomic E-state index is 13.3. The number of ether oxygens (including phenoxy) is 2. The monoisotopic (exact) mass is 359 g/mol. The Morgan fingerprint density at radius 3 is 2.65 bits per heavy atom. The molecule has 138 valence electrons. The van der Waals surface area contributed by atoms with Crippen molar-refractivity contribution in [3.63, 3.8) is 0 Å². The molecule has 0 radical (unpaired) electrons. The van der Waals surface area contributed by atoms with Crippen molar-refractivity contribution < 1.29 is 23.9 Å². The molecule has 0 spiro atoms. The van der Waals surface area contributed by atoms with Crippen molar-refractivity contribution in [3.8, 4) is 11.5 Å². The van der Waals surface area contributed by atoms with E-state index in [1.54, 1.807) is 31.5 Å². The lowest BCUT2D eigenvalue weighted by atomic mass is 10.0. The van der Waals surface area contributed by atoms with Crippen LogP contribution in [0, 0.1) is 5.82 Å². The van der Waals surface area contributed by atoms with E-state index in [4.69, 9.17) is 9.47 Å². The number of aliphatic imine (C=N–C) groups is 1. The van der Waals surface area contributed by atoms with Gasteiger partial charge >= 0.3 is 0 Å². The van der Waals surface area contributed by atoms with Gasteiger partial charge in [0.05, 0.1) is 26.9 Å². The highest BCUT2D eigenvalue weighted by atomic mass is 19.1. The largest absolute Gasteiger partial charge is 0.507 e. The number of methoxy groups -OCH3 is 1. The summed E-state index contributed by atoms with van der Waals surface area (Å²) < 4.78 is 23.9. The first-order valence-corrected chi connectivity index (χ1v) is 8.72. The van der Waals surface area contributed by atoms with Gasteiger partial charge in [-0.25, -0.2) is 4.39 Å². The zero-order valence-corrected chi connectivity index (χ0v) is 14.8. The molecule has 0 amide bonds. The maximum Gasteiger partial charge on any atom is 0.133 e. The van der Waals surface area contributed by atoms with E-state index in [0.29, 0.717) is 31.1 Å². The number of phenols is 1. The van der Waals surface area contributed by atoms with Crippen LogP contribution in [0.25, 0.3) is 0 Å². The average molecular weight is 359 g/mol. The van der Waals surface area contributed by atoms with Gasteiger partial charge in [-0.15, -0.1) is 0 Å². The molecule has 1 aliphatic heterocycles. The van der Waals surface area contributed by atoms with E-state index in [0.717, 1.165) is 18.7 Å². The van der Waals surface area contributed by atoms with E-state index in [2.05, 4.69) is 4.99 Å². The first-order chi connectivity index (χ1) is 12.7. The third-order valence-electron chi connectivity index (χ3n) is 4.65. The molecule has 0 saturated carbocycles. The molecule has 1 heterocycles. The second-order valence-corrected chi connectivity index (χ2v) is 6.29. The Hall–Kier alpha value is -2.44. The molecule has 3 rings (SSSR count). The number of phenolic OH excluding ortho intramolecular Hbond substituents is 1. The van der Waals surface area contributed by atoms with Gasteiger partial charge in [0.2, 0.25) is 0 Å². The van der Waals surface area contributed by atoms with Crippen molar-refractivity contribution >= 4 is 6.21 Å². The lowest BCUT2D eigenvalue weighted by Crippen LogP contribution is -3.14. The summed E-state index contributed by atoms with van der Waals surface area (Å²) in [5.74, 6) is 0.582. The van der Waals surface area contributed by atoms with Crippen molar-refractivity contribution in [2.24, 2.45) is 4.99 Å². The fourth-order valence-electron chi connectivity index (χ4n) is 3.17. The predicted octanol–water partition coefficient (Wildman–Crippen LogP) is 1.62. The molecule has 2 aromatic rings. The van der Waals surface area contributed by atoms with Gasteiger partial charge in [0.15, 0.2) is 0 Å². The molecule has 26 heavy (non-hydrogen) atoms. The Morgan fingerprint density at radius 2 is 1.96 bits per heavy atom. The van der Waals surface area contributed by atoms with Gasteiger partial charge in [-0.1, -0.05) is 12.1 Å². The van der Waals surface area contributed by atoms with Gasteiger partial charge in [-0.05, 0) is 30.3 Å². The SMILES string of the molecule is COc1ccc(O)c(C=NC[C@@H](c2ccc(F)cc2)[NH+]2CCOCC2)c1. The van der Waals surface area contributed by atoms with Crippen LogP contribution in [0.4, 0.5) is 4.39 Å². The van der Waals surface area contributed by atoms with Crippen molar-refractivity contribution in [2.45, 2.75) is 6.04 Å². The van der Waals surface area contributed by atoms with E-state index in [1.165, 1.54) is 17.0 Å². The summed E-state index contributed by atoms with van der Waals surface area (Å²) in [6, 6.07) is 11.8. The van der Waals surface area contributed by atoms with Crippen LogP contribution in [0.3, 0.4) is 0 Å². The maximum atomic E-state index is 13.3. The highest BCUT2D eigenvalue weighted by Gasteiger charge is 2.26. The van der Waals surface area contributed by atoms with Gasteiger partial charge < -0.3 is 19.5 Å². The molecule has 2 N–H and O–H groups in total. The molecular weight excluding hydrogens is 335 g/mol. The third-order valence-corrected chi connectivity index (χ3v) is 4.65. The smallest absolute Gasteiger partial charge is 0.133 e. The van der Waals surface area contributed by atoms with E-state index in [9.17, 15) is 9.50 Å². The molecule has 1 atom stereocenters. The molecule has 1 fully saturated rings. The fraction of sp³-hybridized carbons (Fsp3) is 0.350. The number of nitrogens with zero attached hydrogens (tertiary/aromatic N) is 1. The second kappa shape index (κ2) is 8.78. The number of nitrogens with one attached hydrogen (secondary N) is 1. The van der Waals surface area contributed by atoms with Crippen LogP contribution in [0.15, 0.2) is 47.5 Å². The predicted molar refractivity (Wildman–Crippen MR) is 97.8 cm³/mol. The van der Waals surface area contributed by atoms with Crippen LogP contribution in [0.1, 0.15) is 17.2 Å². The summed E-state index contributed by atoms with van der Waals surface area (Å²) in [6.45, 7) is 3.75. The number of hydrogen-bond acceptors (Lipinski definition) is 4. The summed E-state index contributed by atoms with van der Waals surface area (Å²) in [6.07, 6.45) is 1.66. The van der Waals surface area contributed by atoms with E-state index in [-0.39, 0.29) is 17.6 Å². The Labute approximate surface area is 152 Å². The van der Waals surface area contributed by atoms with Crippen LogP contribution >= 0.6 is 0 Å². The minimum atomic E-state index is -0.241. The molecule has 5 nitrogen and oxygen atoms in total. The first-order valence-electron chi connectivity index (χ1n) is 8.72. The number of quaternary nitrogens is 1. The summed E-state index contributed by atoms with van der Waals surface area (Å²) in [7, 11) is 1.58. The minimum Gasteiger partial charge on any atom is -0.507 e. The molecule has 0 aromatic heterocycles. The first kappa shape index (κ1) is 18.4. The molecule has 1 saturated heterocycles. The summed E-state index contributed by atoms with van der Waals surface area (Å²) >= 11 is 0. The summed E-state index contributed by atoms with van der Waals surface area (Å²) in [5, 5.41) is 9.98. The lowest BCUT2D eigenvalue weighted by Gasteiger charge is -2.31. The van der Waals surface area contributed by atoms with Crippen LogP contribution in [-0.2, 0) is 4.74 Å². The van der Waals surface area contributed by atoms with Crippen LogP contribution in [0.2, 0.25) is 0 Å². The number of hydrogen-bond donors (Lipinski definition) is 2. The van der Waals surface area contributed by atoms with Crippen molar-refractivity contribution in [1.29, 1.82) is 0 Å². The number of rotatable bonds is 6. The Bertz CT molecular complexity index is 743. The number of benzene rings is 2. The lowest BCUT2D eigenvalue weighted by molar-refractivity contribution is -0.937. The summed E-state index contributed by atoms with van der Waals surface area (Å²) in [4.78, 5) is 5.93. The quantitative estimate of drug-likeness (QED) is 0.771. The minimum absolute atomic E-state index is 0.114. The van der Waals surface area contributed by atoms with Crippen LogP contribution in [-0.4, -0.2) is 51.3 Å². The Morgan fingerprint density at radius 1 is 1.23 bits per heavy atom. The highest BCUT2D eigenvalue weighted by molar-refractivity contribution is 5.84. The van der Waals surface area contributed by atoms with Crippen molar-refractivity contribution in [3.05, 3.63) is 59.4 Å². The van der Waals surface area contributed by atoms with E-state index in [1.807, 2.05) is 12.1 Å². The summed E-state index contributed by atoms with van der Waals surface area (Å²) in [5.41, 5.74) is 1.66. The van der Waals surface area contributed by atoms with Crippen molar-refractivity contribution in [1.82, 2.24) is 0 Å². The standard InChI is InChI=1S/C20H23FN2O3/c1-25-18-6-7-20(24)16(12-18)13-22-14-19(23-8-10-26-11-9-23)15-2-4-17(21)5-3-15/h2-7,12-13,19,24H,8-11,14H2,1H3/p+1/t19-/m0/s1. The van der Waals surface area contributed by atoms with Gasteiger partial charge in [0, 0.05) is 17.3 Å². The van der Waals surface area contributed by atoms with Crippen LogP contribution in [0.5, 0.6) is 11.5 Å². The fourth-order valence-corrected chi connectivity index (χ4v) is 3.17. The average Bonchev–Trinajstić information content (AvgIpc) is 2.68. The number of aromatic hydroxyl groups is 1. The molecule has 0 unspecified atom stereocenters. The molecule has 0 aliphatic carbocycles. The van der Waals surface area contributed by atoms with Gasteiger partial charge in [0.1, 0.15) is 36.4 Å². The third kappa shape index (κ3) is 4.59. The molecule has 6 heteroatoms. The topological polar surface area (TPSA) is 55.5 Å². The Balaban J connectivity index is 1.78. The molecule has 1 aliphatic rings. The van der Waals surface area contributed by atoms with Gasteiger partial charge in [-0.3, -0.25) is 4.99 Å². The molecule has 0 bridgehead atoms. The Kier molecular flexibility index (Phi) is 6.20.